The van der Waals surface area contributed by atoms with Gasteiger partial charge in [-0.1, -0.05) is 24.6 Å². The second kappa shape index (κ2) is 3.56. The second-order valence-electron chi connectivity index (χ2n) is 4.31. The van der Waals surface area contributed by atoms with Crippen LogP contribution in [-0.4, -0.2) is 5.78 Å². The molecule has 14 heavy (non-hydrogen) atoms. The summed E-state index contributed by atoms with van der Waals surface area (Å²) >= 11 is 0. The fourth-order valence-corrected chi connectivity index (χ4v) is 2.20. The summed E-state index contributed by atoms with van der Waals surface area (Å²) in [5.74, 6) is 0.866. The molecule has 0 aliphatic heterocycles. The van der Waals surface area contributed by atoms with Crippen LogP contribution in [-0.2, 0) is 0 Å². The van der Waals surface area contributed by atoms with E-state index < -0.39 is 0 Å². The van der Waals surface area contributed by atoms with Crippen molar-refractivity contribution in [2.45, 2.75) is 39.0 Å². The predicted molar refractivity (Wildman–Crippen MR) is 57.8 cm³/mol. The maximum atomic E-state index is 11.8. The van der Waals surface area contributed by atoms with Crippen LogP contribution in [0, 0.1) is 6.92 Å². The summed E-state index contributed by atoms with van der Waals surface area (Å²) in [6, 6.07) is 6.27. The van der Waals surface area contributed by atoms with Crippen molar-refractivity contribution in [3.05, 3.63) is 34.9 Å². The molecule has 0 saturated heterocycles. The third-order valence-corrected chi connectivity index (χ3v) is 3.08. The fourth-order valence-electron chi connectivity index (χ4n) is 2.20. The number of ketones is 1. The highest BCUT2D eigenvalue weighted by Gasteiger charge is 2.19. The van der Waals surface area contributed by atoms with Crippen LogP contribution in [0.15, 0.2) is 18.2 Å². The molecule has 0 bridgehead atoms. The lowest BCUT2D eigenvalue weighted by molar-refractivity contribution is 0.0982. The number of Topliss-reactive ketones (excluding diaryl/α,β-unsaturated/α-hetero) is 1. The lowest BCUT2D eigenvalue weighted by Gasteiger charge is -2.11. The first kappa shape index (κ1) is 9.45. The Labute approximate surface area is 85.1 Å². The van der Waals surface area contributed by atoms with Gasteiger partial charge in [-0.05, 0) is 37.3 Å². The molecule has 0 radical (unpaired) electrons. The summed E-state index contributed by atoms with van der Waals surface area (Å²) in [5.41, 5.74) is 3.40. The molecule has 1 aromatic rings. The molecule has 0 fully saturated rings. The minimum atomic E-state index is 0.327. The molecule has 1 atom stereocenters. The molecule has 0 heterocycles. The van der Waals surface area contributed by atoms with Gasteiger partial charge in [-0.15, -0.1) is 0 Å². The predicted octanol–water partition coefficient (Wildman–Crippen LogP) is 3.47. The van der Waals surface area contributed by atoms with E-state index in [2.05, 4.69) is 19.1 Å². The number of hydrogen-bond donors (Lipinski definition) is 0. The van der Waals surface area contributed by atoms with E-state index in [4.69, 9.17) is 0 Å². The van der Waals surface area contributed by atoms with Crippen molar-refractivity contribution in [1.82, 2.24) is 0 Å². The van der Waals surface area contributed by atoms with Crippen molar-refractivity contribution in [1.29, 1.82) is 0 Å². The van der Waals surface area contributed by atoms with Gasteiger partial charge in [0.25, 0.3) is 0 Å². The molecular formula is C13H16O. The summed E-state index contributed by atoms with van der Waals surface area (Å²) in [4.78, 5) is 11.8. The van der Waals surface area contributed by atoms with Crippen LogP contribution < -0.4 is 0 Å². The molecule has 0 amide bonds. The molecule has 2 rings (SSSR count). The maximum Gasteiger partial charge on any atom is 0.163 e. The molecule has 0 aromatic heterocycles. The van der Waals surface area contributed by atoms with Crippen molar-refractivity contribution in [3.63, 3.8) is 0 Å². The summed E-state index contributed by atoms with van der Waals surface area (Å²) in [6.45, 7) is 4.26. The molecule has 1 heteroatoms. The van der Waals surface area contributed by atoms with Gasteiger partial charge in [-0.2, -0.15) is 0 Å². The van der Waals surface area contributed by atoms with E-state index in [1.54, 1.807) is 0 Å². The third-order valence-electron chi connectivity index (χ3n) is 3.08. The summed E-state index contributed by atoms with van der Waals surface area (Å²) < 4.78 is 0. The van der Waals surface area contributed by atoms with E-state index in [0.29, 0.717) is 11.7 Å². The second-order valence-corrected chi connectivity index (χ2v) is 4.31. The number of hydrogen-bond acceptors (Lipinski definition) is 1. The average molecular weight is 188 g/mol. The largest absolute Gasteiger partial charge is 0.294 e. The maximum absolute atomic E-state index is 11.8. The first-order valence-electron chi connectivity index (χ1n) is 5.32. The highest BCUT2D eigenvalue weighted by molar-refractivity contribution is 5.98. The van der Waals surface area contributed by atoms with E-state index in [1.807, 2.05) is 13.0 Å². The molecule has 1 aromatic carbocycles. The summed E-state index contributed by atoms with van der Waals surface area (Å²) in [7, 11) is 0. The topological polar surface area (TPSA) is 17.1 Å². The standard InChI is InChI=1S/C13H16O/c1-9-6-7-11-10(2)4-3-5-13(14)12(11)8-9/h6-8,10H,3-5H2,1-2H3. The van der Waals surface area contributed by atoms with E-state index >= 15 is 0 Å². The van der Waals surface area contributed by atoms with Gasteiger partial charge in [0.1, 0.15) is 0 Å². The molecule has 0 saturated carbocycles. The van der Waals surface area contributed by atoms with Gasteiger partial charge < -0.3 is 0 Å². The summed E-state index contributed by atoms with van der Waals surface area (Å²) in [5, 5.41) is 0. The summed E-state index contributed by atoms with van der Waals surface area (Å²) in [6.07, 6.45) is 2.90. The third kappa shape index (κ3) is 1.59. The zero-order valence-electron chi connectivity index (χ0n) is 8.84. The zero-order chi connectivity index (χ0) is 10.1. The van der Waals surface area contributed by atoms with Crippen molar-refractivity contribution in [2.24, 2.45) is 0 Å². The van der Waals surface area contributed by atoms with E-state index in [9.17, 15) is 4.79 Å². The van der Waals surface area contributed by atoms with Gasteiger partial charge in [0, 0.05) is 12.0 Å². The normalized spacial score (nSPS) is 21.6. The Bertz CT molecular complexity index is 365. The van der Waals surface area contributed by atoms with E-state index in [0.717, 1.165) is 24.8 Å². The van der Waals surface area contributed by atoms with Gasteiger partial charge in [0.15, 0.2) is 5.78 Å². The van der Waals surface area contributed by atoms with E-state index in [1.165, 1.54) is 11.1 Å². The Morgan fingerprint density at radius 1 is 1.36 bits per heavy atom. The van der Waals surface area contributed by atoms with Crippen LogP contribution in [0.4, 0.5) is 0 Å². The molecule has 1 nitrogen and oxygen atoms in total. The van der Waals surface area contributed by atoms with Crippen molar-refractivity contribution in [2.75, 3.05) is 0 Å². The SMILES string of the molecule is Cc1ccc2c(c1)C(=O)CCCC2C. The van der Waals surface area contributed by atoms with E-state index in [-0.39, 0.29) is 0 Å². The Kier molecular flexibility index (Phi) is 2.40. The van der Waals surface area contributed by atoms with Gasteiger partial charge >= 0.3 is 0 Å². The Balaban J connectivity index is 2.54. The van der Waals surface area contributed by atoms with Gasteiger partial charge in [-0.25, -0.2) is 0 Å². The highest BCUT2D eigenvalue weighted by Crippen LogP contribution is 2.30. The van der Waals surface area contributed by atoms with Crippen LogP contribution in [0.5, 0.6) is 0 Å². The van der Waals surface area contributed by atoms with Gasteiger partial charge in [0.2, 0.25) is 0 Å². The van der Waals surface area contributed by atoms with Gasteiger partial charge in [0.05, 0.1) is 0 Å². The first-order chi connectivity index (χ1) is 6.68. The Morgan fingerprint density at radius 3 is 2.93 bits per heavy atom. The van der Waals surface area contributed by atoms with Crippen LogP contribution in [0.1, 0.15) is 53.6 Å². The molecular weight excluding hydrogens is 172 g/mol. The monoisotopic (exact) mass is 188 g/mol. The highest BCUT2D eigenvalue weighted by atomic mass is 16.1. The van der Waals surface area contributed by atoms with Crippen molar-refractivity contribution < 1.29 is 4.79 Å². The lowest BCUT2D eigenvalue weighted by atomic mass is 9.93. The Morgan fingerprint density at radius 2 is 2.14 bits per heavy atom. The van der Waals surface area contributed by atoms with Crippen LogP contribution >= 0.6 is 0 Å². The zero-order valence-corrected chi connectivity index (χ0v) is 8.84. The molecule has 1 aliphatic carbocycles. The Hall–Kier alpha value is -1.11. The molecule has 1 aliphatic rings. The lowest BCUT2D eigenvalue weighted by Crippen LogP contribution is -2.01. The first-order valence-corrected chi connectivity index (χ1v) is 5.32. The molecule has 74 valence electrons. The molecule has 0 N–H and O–H groups in total. The number of aryl methyl sites for hydroxylation is 1. The number of benzene rings is 1. The number of carbonyl (C=O) groups excluding carboxylic acids is 1. The van der Waals surface area contributed by atoms with Crippen LogP contribution in [0.25, 0.3) is 0 Å². The number of fused-ring (bicyclic) bond motifs is 1. The quantitative estimate of drug-likeness (QED) is 0.570. The minimum Gasteiger partial charge on any atom is -0.294 e. The smallest absolute Gasteiger partial charge is 0.163 e. The minimum absolute atomic E-state index is 0.327. The molecule has 0 spiro atoms. The molecule has 1 unspecified atom stereocenters. The fraction of sp³-hybridized carbons (Fsp3) is 0.462. The number of rotatable bonds is 0. The number of carbonyl (C=O) groups is 1. The van der Waals surface area contributed by atoms with Crippen LogP contribution in [0.2, 0.25) is 0 Å². The van der Waals surface area contributed by atoms with Crippen molar-refractivity contribution >= 4 is 5.78 Å². The van der Waals surface area contributed by atoms with Crippen LogP contribution in [0.3, 0.4) is 0 Å². The van der Waals surface area contributed by atoms with Gasteiger partial charge in [-0.3, -0.25) is 4.79 Å². The average Bonchev–Trinajstić information content (AvgIpc) is 2.28. The van der Waals surface area contributed by atoms with Crippen molar-refractivity contribution in [3.8, 4) is 0 Å².